The molecular formula is C23H21N3O3S2. The molecular weight excluding hydrogens is 430 g/mol. The minimum Gasteiger partial charge on any atom is -0.322 e. The van der Waals surface area contributed by atoms with E-state index in [1.165, 1.54) is 6.07 Å². The first kappa shape index (κ1) is 21.0. The lowest BCUT2D eigenvalue weighted by molar-refractivity contribution is 0.102. The monoisotopic (exact) mass is 451 g/mol. The molecule has 0 fully saturated rings. The van der Waals surface area contributed by atoms with Crippen LogP contribution in [-0.4, -0.2) is 25.1 Å². The van der Waals surface area contributed by atoms with Crippen LogP contribution in [0.15, 0.2) is 72.8 Å². The summed E-state index contributed by atoms with van der Waals surface area (Å²) in [6.07, 6.45) is 0.514. The van der Waals surface area contributed by atoms with Crippen LogP contribution in [0.1, 0.15) is 23.7 Å². The Balaban J connectivity index is 1.53. The maximum Gasteiger partial charge on any atom is 0.255 e. The van der Waals surface area contributed by atoms with Crippen molar-refractivity contribution < 1.29 is 13.2 Å². The summed E-state index contributed by atoms with van der Waals surface area (Å²) in [5.41, 5.74) is 3.23. The smallest absolute Gasteiger partial charge is 0.255 e. The normalized spacial score (nSPS) is 11.4. The van der Waals surface area contributed by atoms with E-state index >= 15 is 0 Å². The van der Waals surface area contributed by atoms with Crippen LogP contribution < -0.4 is 10.0 Å². The SMILES string of the molecule is CCCS(=O)(=O)Nc1cccc(C(=O)Nc2cccc(-c3nc4ccccc4s3)c2)c1. The fourth-order valence-electron chi connectivity index (χ4n) is 3.15. The Morgan fingerprint density at radius 2 is 1.74 bits per heavy atom. The van der Waals surface area contributed by atoms with Gasteiger partial charge in [0.2, 0.25) is 10.0 Å². The molecule has 0 unspecified atom stereocenters. The van der Waals surface area contributed by atoms with Crippen LogP contribution in [0.2, 0.25) is 0 Å². The van der Waals surface area contributed by atoms with E-state index in [4.69, 9.17) is 0 Å². The number of hydrogen-bond acceptors (Lipinski definition) is 5. The molecule has 4 aromatic rings. The zero-order valence-electron chi connectivity index (χ0n) is 16.8. The summed E-state index contributed by atoms with van der Waals surface area (Å²) in [5, 5.41) is 3.76. The number of amides is 1. The third-order valence-corrected chi connectivity index (χ3v) is 7.11. The average Bonchev–Trinajstić information content (AvgIpc) is 3.18. The van der Waals surface area contributed by atoms with Gasteiger partial charge in [0.15, 0.2) is 0 Å². The Hall–Kier alpha value is -3.23. The molecule has 0 bridgehead atoms. The maximum absolute atomic E-state index is 12.7. The van der Waals surface area contributed by atoms with E-state index < -0.39 is 10.0 Å². The van der Waals surface area contributed by atoms with Crippen LogP contribution in [-0.2, 0) is 10.0 Å². The number of anilines is 2. The van der Waals surface area contributed by atoms with Crippen molar-refractivity contribution in [3.63, 3.8) is 0 Å². The largest absolute Gasteiger partial charge is 0.322 e. The van der Waals surface area contributed by atoms with Gasteiger partial charge in [0.1, 0.15) is 5.01 Å². The summed E-state index contributed by atoms with van der Waals surface area (Å²) >= 11 is 1.60. The fourth-order valence-corrected chi connectivity index (χ4v) is 5.24. The second kappa shape index (κ2) is 8.87. The van der Waals surface area contributed by atoms with E-state index in [0.717, 1.165) is 20.8 Å². The van der Waals surface area contributed by atoms with Crippen molar-refractivity contribution >= 4 is 48.9 Å². The predicted molar refractivity (Wildman–Crippen MR) is 127 cm³/mol. The second-order valence-corrected chi connectivity index (χ2v) is 9.90. The summed E-state index contributed by atoms with van der Waals surface area (Å²) in [4.78, 5) is 17.4. The number of para-hydroxylation sites is 1. The van der Waals surface area contributed by atoms with Crippen LogP contribution in [0.25, 0.3) is 20.8 Å². The highest BCUT2D eigenvalue weighted by atomic mass is 32.2. The van der Waals surface area contributed by atoms with Gasteiger partial charge in [0.25, 0.3) is 5.91 Å². The molecule has 0 aliphatic heterocycles. The molecule has 158 valence electrons. The first-order chi connectivity index (χ1) is 14.9. The number of carbonyl (C=O) groups is 1. The zero-order valence-corrected chi connectivity index (χ0v) is 18.5. The number of nitrogens with one attached hydrogen (secondary N) is 2. The number of aromatic nitrogens is 1. The van der Waals surface area contributed by atoms with Crippen molar-refractivity contribution in [2.45, 2.75) is 13.3 Å². The van der Waals surface area contributed by atoms with E-state index in [2.05, 4.69) is 15.0 Å². The van der Waals surface area contributed by atoms with Crippen molar-refractivity contribution in [1.82, 2.24) is 4.98 Å². The van der Waals surface area contributed by atoms with Gasteiger partial charge < -0.3 is 5.32 Å². The number of rotatable bonds is 7. The molecule has 1 amide bonds. The number of nitrogens with zero attached hydrogens (tertiary/aromatic N) is 1. The fraction of sp³-hybridized carbons (Fsp3) is 0.130. The zero-order chi connectivity index (χ0) is 21.8. The van der Waals surface area contributed by atoms with Gasteiger partial charge in [0, 0.05) is 22.5 Å². The minimum absolute atomic E-state index is 0.0297. The van der Waals surface area contributed by atoms with E-state index in [1.54, 1.807) is 36.5 Å². The maximum atomic E-state index is 12.7. The van der Waals surface area contributed by atoms with Gasteiger partial charge in [0.05, 0.1) is 16.0 Å². The summed E-state index contributed by atoms with van der Waals surface area (Å²) in [6.45, 7) is 1.80. The van der Waals surface area contributed by atoms with Gasteiger partial charge in [-0.1, -0.05) is 37.3 Å². The summed E-state index contributed by atoms with van der Waals surface area (Å²) in [5.74, 6) is -0.292. The molecule has 0 radical (unpaired) electrons. The highest BCUT2D eigenvalue weighted by Crippen LogP contribution is 2.31. The van der Waals surface area contributed by atoms with Crippen LogP contribution >= 0.6 is 11.3 Å². The lowest BCUT2D eigenvalue weighted by Crippen LogP contribution is -2.17. The van der Waals surface area contributed by atoms with Gasteiger partial charge in [-0.25, -0.2) is 13.4 Å². The number of benzene rings is 3. The van der Waals surface area contributed by atoms with E-state index in [9.17, 15) is 13.2 Å². The Labute approximate surface area is 185 Å². The molecule has 2 N–H and O–H groups in total. The summed E-state index contributed by atoms with van der Waals surface area (Å²) < 4.78 is 27.6. The lowest BCUT2D eigenvalue weighted by Gasteiger charge is -2.10. The lowest BCUT2D eigenvalue weighted by atomic mass is 10.1. The minimum atomic E-state index is -3.42. The van der Waals surface area contributed by atoms with Crippen LogP contribution in [0.3, 0.4) is 0 Å². The predicted octanol–water partition coefficient (Wildman–Crippen LogP) is 5.37. The number of hydrogen-bond donors (Lipinski definition) is 2. The van der Waals surface area contributed by atoms with Gasteiger partial charge in [-0.3, -0.25) is 9.52 Å². The molecule has 1 heterocycles. The highest BCUT2D eigenvalue weighted by molar-refractivity contribution is 7.92. The molecule has 0 saturated heterocycles. The average molecular weight is 452 g/mol. The first-order valence-corrected chi connectivity index (χ1v) is 12.3. The van der Waals surface area contributed by atoms with E-state index in [-0.39, 0.29) is 11.7 Å². The number of carbonyl (C=O) groups excluding carboxylic acids is 1. The molecule has 6 nitrogen and oxygen atoms in total. The van der Waals surface area contributed by atoms with E-state index in [1.807, 2.05) is 48.5 Å². The van der Waals surface area contributed by atoms with Gasteiger partial charge in [-0.15, -0.1) is 11.3 Å². The molecule has 0 spiro atoms. The molecule has 0 saturated carbocycles. The molecule has 0 aliphatic carbocycles. The summed E-state index contributed by atoms with van der Waals surface area (Å²) in [6, 6.07) is 21.9. The quantitative estimate of drug-likeness (QED) is 0.395. The van der Waals surface area contributed by atoms with Crippen LogP contribution in [0.4, 0.5) is 11.4 Å². The molecule has 8 heteroatoms. The van der Waals surface area contributed by atoms with Crippen LogP contribution in [0.5, 0.6) is 0 Å². The second-order valence-electron chi connectivity index (χ2n) is 7.02. The van der Waals surface area contributed by atoms with Crippen molar-refractivity contribution in [3.05, 3.63) is 78.4 Å². The van der Waals surface area contributed by atoms with Crippen molar-refractivity contribution in [3.8, 4) is 10.6 Å². The summed E-state index contributed by atoms with van der Waals surface area (Å²) in [7, 11) is -3.42. The molecule has 3 aromatic carbocycles. The first-order valence-electron chi connectivity index (χ1n) is 9.81. The Morgan fingerprint density at radius 3 is 2.55 bits per heavy atom. The Bertz CT molecular complexity index is 1310. The van der Waals surface area contributed by atoms with Crippen molar-refractivity contribution in [1.29, 1.82) is 0 Å². The highest BCUT2D eigenvalue weighted by Gasteiger charge is 2.12. The molecule has 4 rings (SSSR count). The topological polar surface area (TPSA) is 88.2 Å². The van der Waals surface area contributed by atoms with Crippen LogP contribution in [0, 0.1) is 0 Å². The number of thiazole rings is 1. The molecule has 1 aromatic heterocycles. The molecule has 31 heavy (non-hydrogen) atoms. The van der Waals surface area contributed by atoms with Gasteiger partial charge in [-0.05, 0) is 48.9 Å². The molecule has 0 aliphatic rings. The van der Waals surface area contributed by atoms with Crippen molar-refractivity contribution in [2.75, 3.05) is 15.8 Å². The standard InChI is InChI=1S/C23H21N3O3S2/c1-2-13-31(28,29)26-19-10-5-7-16(14-19)22(27)24-18-9-6-8-17(15-18)23-25-20-11-3-4-12-21(20)30-23/h3-12,14-15,26H,2,13H2,1H3,(H,24,27). The Morgan fingerprint density at radius 1 is 0.968 bits per heavy atom. The Kier molecular flexibility index (Phi) is 6.01. The number of fused-ring (bicyclic) bond motifs is 1. The molecule has 0 atom stereocenters. The van der Waals surface area contributed by atoms with Gasteiger partial charge >= 0.3 is 0 Å². The third kappa shape index (κ3) is 5.10. The third-order valence-electron chi connectivity index (χ3n) is 4.53. The van der Waals surface area contributed by atoms with Gasteiger partial charge in [-0.2, -0.15) is 0 Å². The van der Waals surface area contributed by atoms with E-state index in [0.29, 0.717) is 23.4 Å². The number of sulfonamides is 1. The van der Waals surface area contributed by atoms with Crippen molar-refractivity contribution in [2.24, 2.45) is 0 Å².